The number of hydrogen-bond acceptors (Lipinski definition) is 5. The summed E-state index contributed by atoms with van der Waals surface area (Å²) in [7, 11) is 0. The van der Waals surface area contributed by atoms with Crippen LogP contribution in [-0.4, -0.2) is 77.2 Å². The van der Waals surface area contributed by atoms with Crippen LogP contribution in [0.5, 0.6) is 0 Å². The van der Waals surface area contributed by atoms with Crippen LogP contribution in [0.4, 0.5) is 9.59 Å². The molecular weight excluding hydrogens is 482 g/mol. The Bertz CT molecular complexity index is 1120. The molecule has 5 rings (SSSR count). The Morgan fingerprint density at radius 1 is 0.895 bits per heavy atom. The van der Waals surface area contributed by atoms with Gasteiger partial charge in [-0.25, -0.2) is 9.59 Å². The monoisotopic (exact) mass is 519 g/mol. The molecule has 38 heavy (non-hydrogen) atoms. The summed E-state index contributed by atoms with van der Waals surface area (Å²) in [4.78, 5) is 44.4. The van der Waals surface area contributed by atoms with Crippen molar-refractivity contribution in [2.45, 2.75) is 57.3 Å². The quantitative estimate of drug-likeness (QED) is 0.589. The number of carbonyl (C=O) groups excluding carboxylic acids is 3. The summed E-state index contributed by atoms with van der Waals surface area (Å²) in [6.45, 7) is 8.11. The van der Waals surface area contributed by atoms with Gasteiger partial charge >= 0.3 is 12.2 Å². The van der Waals surface area contributed by atoms with Gasteiger partial charge in [0.05, 0.1) is 0 Å². The maximum atomic E-state index is 13.5. The van der Waals surface area contributed by atoms with Gasteiger partial charge in [-0.3, -0.25) is 9.69 Å². The van der Waals surface area contributed by atoms with Crippen LogP contribution in [0.1, 0.15) is 51.2 Å². The lowest BCUT2D eigenvalue weighted by molar-refractivity contribution is -0.135. The highest BCUT2D eigenvalue weighted by atomic mass is 16.6. The molecule has 8 heteroatoms. The number of likely N-dealkylation sites (tertiary alicyclic amines) is 1. The lowest BCUT2D eigenvalue weighted by Gasteiger charge is -2.42. The summed E-state index contributed by atoms with van der Waals surface area (Å²) in [5, 5.41) is 0. The molecule has 3 aliphatic heterocycles. The number of piperazine rings is 1. The Morgan fingerprint density at radius 3 is 2.03 bits per heavy atom. The van der Waals surface area contributed by atoms with Crippen molar-refractivity contribution in [3.63, 3.8) is 0 Å². The average Bonchev–Trinajstić information content (AvgIpc) is 3.21. The van der Waals surface area contributed by atoms with E-state index >= 15 is 0 Å². The Kier molecular flexibility index (Phi) is 7.07. The van der Waals surface area contributed by atoms with Gasteiger partial charge in [0.15, 0.2) is 5.60 Å². The second kappa shape index (κ2) is 10.3. The smallest absolute Gasteiger partial charge is 0.411 e. The molecule has 1 atom stereocenters. The number of carbonyl (C=O) groups is 3. The zero-order valence-electron chi connectivity index (χ0n) is 22.5. The summed E-state index contributed by atoms with van der Waals surface area (Å²) in [5.74, 6) is 0.309. The van der Waals surface area contributed by atoms with Crippen LogP contribution in [0.25, 0.3) is 0 Å². The van der Waals surface area contributed by atoms with Crippen LogP contribution in [0, 0.1) is 5.92 Å². The molecule has 1 unspecified atom stereocenters. The highest BCUT2D eigenvalue weighted by molar-refractivity contribution is 5.79. The number of hydrogen-bond donors (Lipinski definition) is 0. The van der Waals surface area contributed by atoms with Crippen molar-refractivity contribution in [2.75, 3.05) is 32.7 Å². The first-order valence-electron chi connectivity index (χ1n) is 13.5. The zero-order chi connectivity index (χ0) is 26.9. The van der Waals surface area contributed by atoms with E-state index in [9.17, 15) is 14.4 Å². The van der Waals surface area contributed by atoms with Crippen molar-refractivity contribution in [3.05, 3.63) is 71.8 Å². The van der Waals surface area contributed by atoms with Gasteiger partial charge in [0.25, 0.3) is 0 Å². The SMILES string of the molecule is CC(C)(C)OC(=O)N1CCC(CC(=O)N2CCN3C(=O)OC(c4ccccc4)(c4ccccc4)C3C2)CC1. The minimum atomic E-state index is -0.989. The Hall–Kier alpha value is -3.55. The fourth-order valence-corrected chi connectivity index (χ4v) is 5.90. The van der Waals surface area contributed by atoms with Gasteiger partial charge in [0.2, 0.25) is 5.91 Å². The van der Waals surface area contributed by atoms with E-state index in [-0.39, 0.29) is 30.1 Å². The number of benzene rings is 2. The number of amides is 3. The molecule has 0 bridgehead atoms. The molecule has 3 fully saturated rings. The number of fused-ring (bicyclic) bond motifs is 1. The van der Waals surface area contributed by atoms with E-state index in [0.29, 0.717) is 39.1 Å². The minimum Gasteiger partial charge on any atom is -0.444 e. The van der Waals surface area contributed by atoms with E-state index in [2.05, 4.69) is 0 Å². The average molecular weight is 520 g/mol. The van der Waals surface area contributed by atoms with E-state index in [1.54, 1.807) is 9.80 Å². The molecule has 3 aliphatic rings. The topological polar surface area (TPSA) is 79.4 Å². The third-order valence-electron chi connectivity index (χ3n) is 7.82. The van der Waals surface area contributed by atoms with Gasteiger partial charge in [-0.05, 0) is 39.5 Å². The summed E-state index contributed by atoms with van der Waals surface area (Å²) in [6.07, 6.45) is 1.35. The van der Waals surface area contributed by atoms with Gasteiger partial charge < -0.3 is 19.3 Å². The van der Waals surface area contributed by atoms with Crippen molar-refractivity contribution in [3.8, 4) is 0 Å². The summed E-state index contributed by atoms with van der Waals surface area (Å²) >= 11 is 0. The molecule has 8 nitrogen and oxygen atoms in total. The lowest BCUT2D eigenvalue weighted by atomic mass is 9.79. The maximum Gasteiger partial charge on any atom is 0.411 e. The molecule has 0 aromatic heterocycles. The predicted molar refractivity (Wildman–Crippen MR) is 142 cm³/mol. The third kappa shape index (κ3) is 5.08. The first-order valence-corrected chi connectivity index (χ1v) is 13.5. The minimum absolute atomic E-state index is 0.0924. The van der Waals surface area contributed by atoms with Crippen molar-refractivity contribution in [1.82, 2.24) is 14.7 Å². The Morgan fingerprint density at radius 2 is 1.47 bits per heavy atom. The van der Waals surface area contributed by atoms with E-state index in [0.717, 1.165) is 24.0 Å². The first-order chi connectivity index (χ1) is 18.2. The second-order valence-electron chi connectivity index (χ2n) is 11.5. The molecule has 3 amide bonds. The second-order valence-corrected chi connectivity index (χ2v) is 11.5. The van der Waals surface area contributed by atoms with Crippen LogP contribution in [-0.2, 0) is 19.9 Å². The highest BCUT2D eigenvalue weighted by Crippen LogP contribution is 2.45. The molecule has 2 aromatic carbocycles. The summed E-state index contributed by atoms with van der Waals surface area (Å²) < 4.78 is 11.7. The van der Waals surface area contributed by atoms with Gasteiger partial charge in [0.1, 0.15) is 11.6 Å². The summed E-state index contributed by atoms with van der Waals surface area (Å²) in [6, 6.07) is 19.3. The number of rotatable bonds is 4. The van der Waals surface area contributed by atoms with Crippen LogP contribution in [0.15, 0.2) is 60.7 Å². The number of nitrogens with zero attached hydrogens (tertiary/aromatic N) is 3. The van der Waals surface area contributed by atoms with Crippen molar-refractivity contribution in [2.24, 2.45) is 5.92 Å². The van der Waals surface area contributed by atoms with E-state index in [4.69, 9.17) is 9.47 Å². The standard InChI is InChI=1S/C30H37N3O5/c1-29(2,3)37-27(35)31-16-14-22(15-17-31)20-26(34)32-18-19-33-25(21-32)30(38-28(33)36,23-10-6-4-7-11-23)24-12-8-5-9-13-24/h4-13,22,25H,14-21H2,1-3H3. The highest BCUT2D eigenvalue weighted by Gasteiger charge is 2.58. The van der Waals surface area contributed by atoms with Crippen LogP contribution < -0.4 is 0 Å². The molecule has 0 saturated carbocycles. The number of cyclic esters (lactones) is 1. The maximum absolute atomic E-state index is 13.5. The largest absolute Gasteiger partial charge is 0.444 e. The van der Waals surface area contributed by atoms with Crippen molar-refractivity contribution >= 4 is 18.1 Å². The molecule has 3 heterocycles. The molecular formula is C30H37N3O5. The van der Waals surface area contributed by atoms with Gasteiger partial charge in [-0.1, -0.05) is 60.7 Å². The fraction of sp³-hybridized carbons (Fsp3) is 0.500. The van der Waals surface area contributed by atoms with Gasteiger partial charge in [0, 0.05) is 50.3 Å². The third-order valence-corrected chi connectivity index (χ3v) is 7.82. The number of piperidine rings is 1. The fourth-order valence-electron chi connectivity index (χ4n) is 5.90. The molecule has 0 radical (unpaired) electrons. The Labute approximate surface area is 224 Å². The molecule has 2 aromatic rings. The van der Waals surface area contributed by atoms with Crippen LogP contribution in [0.2, 0.25) is 0 Å². The molecule has 0 N–H and O–H groups in total. The lowest BCUT2D eigenvalue weighted by Crippen LogP contribution is -2.58. The first kappa shape index (κ1) is 26.1. The van der Waals surface area contributed by atoms with Crippen molar-refractivity contribution < 1.29 is 23.9 Å². The number of ether oxygens (including phenoxy) is 2. The zero-order valence-corrected chi connectivity index (χ0v) is 22.5. The Balaban J connectivity index is 1.29. The molecule has 0 aliphatic carbocycles. The van der Waals surface area contributed by atoms with Crippen LogP contribution >= 0.6 is 0 Å². The normalized spacial score (nSPS) is 21.6. The van der Waals surface area contributed by atoms with E-state index in [1.165, 1.54) is 0 Å². The van der Waals surface area contributed by atoms with E-state index < -0.39 is 11.2 Å². The summed E-state index contributed by atoms with van der Waals surface area (Å²) in [5.41, 5.74) is 0.287. The molecule has 202 valence electrons. The molecule has 3 saturated heterocycles. The van der Waals surface area contributed by atoms with Gasteiger partial charge in [-0.2, -0.15) is 0 Å². The van der Waals surface area contributed by atoms with Gasteiger partial charge in [-0.15, -0.1) is 0 Å². The predicted octanol–water partition coefficient (Wildman–Crippen LogP) is 4.63. The molecule has 0 spiro atoms. The van der Waals surface area contributed by atoms with Crippen LogP contribution in [0.3, 0.4) is 0 Å². The van der Waals surface area contributed by atoms with E-state index in [1.807, 2.05) is 86.3 Å². The van der Waals surface area contributed by atoms with Crippen molar-refractivity contribution in [1.29, 1.82) is 0 Å².